The van der Waals surface area contributed by atoms with Gasteiger partial charge in [-0.3, -0.25) is 4.79 Å². The first-order chi connectivity index (χ1) is 38.5. The van der Waals surface area contributed by atoms with Crippen molar-refractivity contribution in [1.82, 2.24) is 5.32 Å². The fourth-order valence-corrected chi connectivity index (χ4v) is 10.2. The van der Waals surface area contributed by atoms with Crippen molar-refractivity contribution in [3.63, 3.8) is 0 Å². The maximum absolute atomic E-state index is 13.1. The molecule has 38 heteroatoms. The Morgan fingerprint density at radius 2 is 0.927 bits per heavy atom. The van der Waals surface area contributed by atoms with E-state index >= 15 is 0 Å². The summed E-state index contributed by atoms with van der Waals surface area (Å²) in [6.07, 6.45) is -66.2. The molecule has 0 aliphatic carbocycles. The number of aliphatic carboxylic acids is 2. The molecule has 6 heterocycles. The average Bonchev–Trinajstić information content (AvgIpc) is 3.11. The van der Waals surface area contributed by atoms with Crippen LogP contribution in [0.5, 0.6) is 0 Å². The number of hydrogen-bond donors (Lipinski definition) is 24. The lowest BCUT2D eigenvalue weighted by molar-refractivity contribution is -0.393. The lowest BCUT2D eigenvalue weighted by atomic mass is 9.90. The fraction of sp³-hybridized carbons (Fsp3) is 0.932. The molecule has 1 amide bonds. The predicted octanol–water partition coefficient (Wildman–Crippen LogP) is -15.5. The summed E-state index contributed by atoms with van der Waals surface area (Å²) in [5.41, 5.74) is 0. The standard InChI is InChI=1S/C44H73NO37/c1-10(51)45-19-33(79-40-30(66)36(24(60)15(6-48)74-40)82-44(42(70)71)3-12(53)21(57)35(81-44)23(59)14(55)5-47)25(61)18(9-72-43(41(68)69)2-11(52)20(56)34(80-43)22(58)13(54)4-46)76-38(19)77-32-17(8-50)75-39(29(65)27(32)63)78-31-16(7-49)73-37(67)28(64)26(31)62/h11-40,46-50,52-67H,2-9H2,1H3,(H,45,51)(H,68,69)(H,70,71)/t11-,12-,13+,14+,15+,16+,17+,18+,19+,20+,21+,22+,23+,24-,25-,26+,27+,28+,29+,30+,31+,32-,33+,34+,35+,36-,37+,38-,39-,40-,43+,44-/m0/s1. The van der Waals surface area contributed by atoms with Gasteiger partial charge < -0.3 is 175 Å². The van der Waals surface area contributed by atoms with Gasteiger partial charge >= 0.3 is 11.9 Å². The Morgan fingerprint density at radius 1 is 0.500 bits per heavy atom. The topological polar surface area (TPSA) is 630 Å². The zero-order valence-corrected chi connectivity index (χ0v) is 43.0. The van der Waals surface area contributed by atoms with Crippen molar-refractivity contribution in [3.8, 4) is 0 Å². The van der Waals surface area contributed by atoms with Crippen molar-refractivity contribution >= 4 is 17.8 Å². The van der Waals surface area contributed by atoms with Crippen LogP contribution in [0.25, 0.3) is 0 Å². The molecule has 38 nitrogen and oxygen atoms in total. The first-order valence-electron chi connectivity index (χ1n) is 25.4. The molecule has 476 valence electrons. The second kappa shape index (κ2) is 28.3. The number of rotatable bonds is 23. The molecule has 0 aromatic carbocycles. The number of aliphatic hydroxyl groups excluding tert-OH is 21. The molecule has 32 atom stereocenters. The molecule has 82 heavy (non-hydrogen) atoms. The van der Waals surface area contributed by atoms with E-state index in [1.54, 1.807) is 0 Å². The van der Waals surface area contributed by atoms with Crippen molar-refractivity contribution < 1.29 is 184 Å². The van der Waals surface area contributed by atoms with E-state index in [0.29, 0.717) is 0 Å². The van der Waals surface area contributed by atoms with Crippen LogP contribution in [0, 0.1) is 0 Å². The van der Waals surface area contributed by atoms with Gasteiger partial charge in [0.05, 0.1) is 51.8 Å². The number of carbonyl (C=O) groups excluding carboxylic acids is 1. The minimum Gasteiger partial charge on any atom is -0.477 e. The molecule has 24 N–H and O–H groups in total. The van der Waals surface area contributed by atoms with E-state index in [9.17, 15) is 132 Å². The van der Waals surface area contributed by atoms with Gasteiger partial charge in [-0.15, -0.1) is 0 Å². The number of ether oxygens (including phenoxy) is 11. The molecule has 0 aromatic rings. The maximum Gasteiger partial charge on any atom is 0.364 e. The third kappa shape index (κ3) is 14.1. The highest BCUT2D eigenvalue weighted by atomic mass is 16.8. The Labute approximate surface area is 461 Å². The zero-order chi connectivity index (χ0) is 61.2. The molecule has 0 spiro atoms. The molecule has 0 aromatic heterocycles. The molecule has 0 saturated carbocycles. The summed E-state index contributed by atoms with van der Waals surface area (Å²) >= 11 is 0. The van der Waals surface area contributed by atoms with Crippen LogP contribution in [0.15, 0.2) is 0 Å². The van der Waals surface area contributed by atoms with Crippen LogP contribution in [0.1, 0.15) is 19.8 Å². The largest absolute Gasteiger partial charge is 0.477 e. The Hall–Kier alpha value is -2.87. The molecule has 6 saturated heterocycles. The minimum absolute atomic E-state index is 0.864. The number of carboxylic acids is 2. The van der Waals surface area contributed by atoms with E-state index in [1.165, 1.54) is 0 Å². The highest BCUT2D eigenvalue weighted by Gasteiger charge is 2.62. The van der Waals surface area contributed by atoms with Crippen LogP contribution in [0.2, 0.25) is 0 Å². The highest BCUT2D eigenvalue weighted by Crippen LogP contribution is 2.41. The normalized spacial score (nSPS) is 47.2. The van der Waals surface area contributed by atoms with Gasteiger partial charge in [-0.1, -0.05) is 0 Å². The summed E-state index contributed by atoms with van der Waals surface area (Å²) in [5, 5.41) is 247. The fourth-order valence-electron chi connectivity index (χ4n) is 10.2. The van der Waals surface area contributed by atoms with Gasteiger partial charge in [0.1, 0.15) is 146 Å². The van der Waals surface area contributed by atoms with E-state index in [0.717, 1.165) is 6.92 Å². The van der Waals surface area contributed by atoms with E-state index in [1.807, 2.05) is 0 Å². The van der Waals surface area contributed by atoms with Crippen LogP contribution in [0.3, 0.4) is 0 Å². The minimum atomic E-state index is -3.32. The van der Waals surface area contributed by atoms with Crippen LogP contribution in [-0.4, -0.2) is 370 Å². The first kappa shape index (κ1) is 68.2. The summed E-state index contributed by atoms with van der Waals surface area (Å²) < 4.78 is 62.0. The molecule has 0 bridgehead atoms. The first-order valence-corrected chi connectivity index (χ1v) is 25.4. The SMILES string of the molecule is CC(=O)N[C@H]1[C@H](O[C@@H]2[C@H](O)[C@@H](O)[C@H](O[C@H]3[C@H](O)[C@@H](O)[C@H](O)O[C@@H]3CO)O[C@@H]2CO)O[C@H](CO[C@]2(C(=O)O)C[C@H](O)[C@@H](O)[C@H]([C@H](O)[C@H](O)CO)O2)[C@H](O)[C@@H]1O[C@@H]1O[C@H](CO)[C@H](O)[C@H](O[C@]2(C(=O)O)C[C@H](O)[C@@H](O)[C@H]([C@H](O)[C@H](O)CO)O2)[C@H]1O. The molecule has 6 aliphatic heterocycles. The average molecular weight is 1210 g/mol. The number of amides is 1. The van der Waals surface area contributed by atoms with Crippen LogP contribution in [-0.2, 0) is 66.5 Å². The molecule has 0 unspecified atom stereocenters. The van der Waals surface area contributed by atoms with E-state index in [-0.39, 0.29) is 0 Å². The van der Waals surface area contributed by atoms with Gasteiger partial charge in [0.15, 0.2) is 25.2 Å². The van der Waals surface area contributed by atoms with Gasteiger partial charge in [0.25, 0.3) is 11.6 Å². The lowest BCUT2D eigenvalue weighted by Gasteiger charge is -2.51. The smallest absolute Gasteiger partial charge is 0.364 e. The van der Waals surface area contributed by atoms with Crippen molar-refractivity contribution in [2.75, 3.05) is 39.6 Å². The molecular weight excluding hydrogens is 1130 g/mol. The number of hydrogen-bond acceptors (Lipinski definition) is 35. The van der Waals surface area contributed by atoms with E-state index in [4.69, 9.17) is 52.1 Å². The third-order valence-corrected chi connectivity index (χ3v) is 14.8. The predicted molar refractivity (Wildman–Crippen MR) is 245 cm³/mol. The van der Waals surface area contributed by atoms with Gasteiger partial charge in [-0.25, -0.2) is 9.59 Å². The number of carboxylic acid groups (broad SMARTS) is 2. The van der Waals surface area contributed by atoms with E-state index < -0.39 is 266 Å². The van der Waals surface area contributed by atoms with Gasteiger partial charge in [-0.05, 0) is 0 Å². The summed E-state index contributed by atoms with van der Waals surface area (Å²) in [5.74, 6) is -11.8. The van der Waals surface area contributed by atoms with Crippen molar-refractivity contribution in [2.24, 2.45) is 0 Å². The number of nitrogens with one attached hydrogen (secondary N) is 1. The zero-order valence-electron chi connectivity index (χ0n) is 43.0. The summed E-state index contributed by atoms with van der Waals surface area (Å²) in [6.45, 7) is -6.25. The third-order valence-electron chi connectivity index (χ3n) is 14.8. The molecular formula is C44H73NO37. The van der Waals surface area contributed by atoms with Crippen LogP contribution in [0.4, 0.5) is 0 Å². The van der Waals surface area contributed by atoms with Gasteiger partial charge in [-0.2, -0.15) is 0 Å². The van der Waals surface area contributed by atoms with Gasteiger partial charge in [0, 0.05) is 19.8 Å². The Balaban J connectivity index is 1.38. The summed E-state index contributed by atoms with van der Waals surface area (Å²) in [7, 11) is 0. The van der Waals surface area contributed by atoms with E-state index in [2.05, 4.69) is 5.32 Å². The van der Waals surface area contributed by atoms with Crippen molar-refractivity contribution in [1.29, 1.82) is 0 Å². The highest BCUT2D eigenvalue weighted by molar-refractivity contribution is 5.76. The quantitative estimate of drug-likeness (QED) is 0.0452. The second-order valence-corrected chi connectivity index (χ2v) is 20.4. The molecule has 6 fully saturated rings. The Morgan fingerprint density at radius 3 is 1.43 bits per heavy atom. The van der Waals surface area contributed by atoms with Crippen LogP contribution >= 0.6 is 0 Å². The lowest BCUT2D eigenvalue weighted by Crippen LogP contribution is -2.71. The monoisotopic (exact) mass is 1210 g/mol. The van der Waals surface area contributed by atoms with Crippen molar-refractivity contribution in [2.45, 2.75) is 215 Å². The molecule has 6 aliphatic rings. The molecule has 0 radical (unpaired) electrons. The van der Waals surface area contributed by atoms with Crippen molar-refractivity contribution in [3.05, 3.63) is 0 Å². The maximum atomic E-state index is 13.1. The van der Waals surface area contributed by atoms with Gasteiger partial charge in [0.2, 0.25) is 5.91 Å². The Kier molecular flexibility index (Phi) is 23.6. The second-order valence-electron chi connectivity index (χ2n) is 20.4. The molecule has 6 rings (SSSR count). The number of aliphatic hydroxyl groups is 21. The summed E-state index contributed by atoms with van der Waals surface area (Å²) in [4.78, 5) is 39.0. The Bertz CT molecular complexity index is 2070. The number of carbonyl (C=O) groups is 3. The summed E-state index contributed by atoms with van der Waals surface area (Å²) in [6, 6.07) is -2.09. The van der Waals surface area contributed by atoms with Crippen LogP contribution < -0.4 is 5.32 Å².